The number of rotatable bonds is 9. The van der Waals surface area contributed by atoms with Crippen molar-refractivity contribution < 1.29 is 14.7 Å². The highest BCUT2D eigenvalue weighted by Crippen LogP contribution is 2.23. The summed E-state index contributed by atoms with van der Waals surface area (Å²) in [6, 6.07) is 3.68. The smallest absolute Gasteiger partial charge is 0.335 e. The Kier molecular flexibility index (Phi) is 7.52. The second-order valence-electron chi connectivity index (χ2n) is 5.91. The summed E-state index contributed by atoms with van der Waals surface area (Å²) >= 11 is 0. The minimum absolute atomic E-state index is 0.374. The van der Waals surface area contributed by atoms with Crippen molar-refractivity contribution in [1.29, 1.82) is 0 Å². The predicted octanol–water partition coefficient (Wildman–Crippen LogP) is 3.96. The number of amides is 1. The van der Waals surface area contributed by atoms with Crippen molar-refractivity contribution in [3.8, 4) is 0 Å². The number of carbonyl (C=O) groups is 2. The third kappa shape index (κ3) is 5.55. The first-order chi connectivity index (χ1) is 10.9. The van der Waals surface area contributed by atoms with E-state index in [1.165, 1.54) is 0 Å². The van der Waals surface area contributed by atoms with Crippen molar-refractivity contribution in [2.24, 2.45) is 5.73 Å². The maximum Gasteiger partial charge on any atom is 0.335 e. The van der Waals surface area contributed by atoms with Crippen LogP contribution in [0.5, 0.6) is 0 Å². The second-order valence-corrected chi connectivity index (χ2v) is 5.91. The van der Waals surface area contributed by atoms with E-state index in [-0.39, 0.29) is 0 Å². The van der Waals surface area contributed by atoms with E-state index in [0.717, 1.165) is 55.2 Å². The van der Waals surface area contributed by atoms with Crippen LogP contribution in [0.1, 0.15) is 73.5 Å². The van der Waals surface area contributed by atoms with Crippen molar-refractivity contribution in [1.82, 2.24) is 0 Å². The number of carboxylic acid groups (broad SMARTS) is 1. The van der Waals surface area contributed by atoms with Gasteiger partial charge < -0.3 is 10.8 Å². The third-order valence-corrected chi connectivity index (χ3v) is 3.96. The van der Waals surface area contributed by atoms with Gasteiger partial charge in [0.1, 0.15) is 0 Å². The molecule has 0 unspecified atom stereocenters. The maximum absolute atomic E-state index is 11.6. The molecule has 0 atom stereocenters. The zero-order valence-corrected chi connectivity index (χ0v) is 14.3. The predicted molar refractivity (Wildman–Crippen MR) is 93.5 cm³/mol. The monoisotopic (exact) mass is 317 g/mol. The summed E-state index contributed by atoms with van der Waals surface area (Å²) in [5.74, 6) is -1.35. The molecular formula is C19H27NO3. The number of unbranched alkanes of at least 4 members (excludes halogenated alkanes) is 2. The summed E-state index contributed by atoms with van der Waals surface area (Å²) in [5, 5.41) is 9.49. The van der Waals surface area contributed by atoms with E-state index in [9.17, 15) is 14.7 Å². The summed E-state index contributed by atoms with van der Waals surface area (Å²) in [7, 11) is 0. The fourth-order valence-electron chi connectivity index (χ4n) is 2.50. The van der Waals surface area contributed by atoms with Crippen LogP contribution in [0.3, 0.4) is 0 Å². The zero-order valence-electron chi connectivity index (χ0n) is 14.3. The third-order valence-electron chi connectivity index (χ3n) is 3.96. The second kappa shape index (κ2) is 9.13. The van der Waals surface area contributed by atoms with Crippen LogP contribution in [-0.2, 0) is 17.6 Å². The number of carbonyl (C=O) groups excluding carboxylic acids is 1. The first kappa shape index (κ1) is 18.9. The molecule has 0 radical (unpaired) electrons. The van der Waals surface area contributed by atoms with Crippen molar-refractivity contribution in [2.45, 2.75) is 59.3 Å². The van der Waals surface area contributed by atoms with Crippen LogP contribution in [0.2, 0.25) is 0 Å². The standard InChI is InChI=1S/C19H27NO3/c1-4-6-8-14-12-17(19(22)23)15(9-7-5-2)11-16(14)10-13(3)18(20)21/h10-12H,4-9H2,1-3H3,(H2,20,21)(H,22,23). The normalized spacial score (nSPS) is 11.5. The van der Waals surface area contributed by atoms with Gasteiger partial charge in [0, 0.05) is 5.57 Å². The average Bonchev–Trinajstić information content (AvgIpc) is 2.51. The van der Waals surface area contributed by atoms with Crippen LogP contribution >= 0.6 is 0 Å². The molecule has 1 aromatic rings. The lowest BCUT2D eigenvalue weighted by Crippen LogP contribution is -2.12. The molecule has 0 aliphatic carbocycles. The topological polar surface area (TPSA) is 80.4 Å². The van der Waals surface area contributed by atoms with E-state index < -0.39 is 11.9 Å². The van der Waals surface area contributed by atoms with Crippen molar-refractivity contribution in [3.63, 3.8) is 0 Å². The molecule has 4 heteroatoms. The molecule has 1 rings (SSSR count). The molecule has 126 valence electrons. The van der Waals surface area contributed by atoms with Gasteiger partial charge in [-0.1, -0.05) is 32.8 Å². The van der Waals surface area contributed by atoms with E-state index in [4.69, 9.17) is 5.73 Å². The highest BCUT2D eigenvalue weighted by Gasteiger charge is 2.14. The molecule has 1 amide bonds. The number of primary amides is 1. The Morgan fingerprint density at radius 1 is 1.09 bits per heavy atom. The van der Waals surface area contributed by atoms with Gasteiger partial charge in [-0.15, -0.1) is 0 Å². The molecule has 3 N–H and O–H groups in total. The van der Waals surface area contributed by atoms with Crippen molar-refractivity contribution >= 4 is 18.0 Å². The van der Waals surface area contributed by atoms with Gasteiger partial charge in [-0.3, -0.25) is 4.79 Å². The van der Waals surface area contributed by atoms with Gasteiger partial charge >= 0.3 is 5.97 Å². The molecule has 0 fully saturated rings. The molecule has 0 spiro atoms. The average molecular weight is 317 g/mol. The molecule has 0 saturated carbocycles. The van der Waals surface area contributed by atoms with E-state index in [0.29, 0.717) is 11.1 Å². The van der Waals surface area contributed by atoms with Crippen LogP contribution in [-0.4, -0.2) is 17.0 Å². The Balaban J connectivity index is 3.40. The van der Waals surface area contributed by atoms with Gasteiger partial charge in [0.15, 0.2) is 0 Å². The number of hydrogen-bond acceptors (Lipinski definition) is 2. The number of aryl methyl sites for hydroxylation is 2. The molecule has 1 aromatic carbocycles. The fourth-order valence-corrected chi connectivity index (χ4v) is 2.50. The lowest BCUT2D eigenvalue weighted by Gasteiger charge is -2.13. The van der Waals surface area contributed by atoms with Crippen LogP contribution in [0.4, 0.5) is 0 Å². The Morgan fingerprint density at radius 2 is 1.65 bits per heavy atom. The summed E-state index contributed by atoms with van der Waals surface area (Å²) in [6.45, 7) is 5.86. The highest BCUT2D eigenvalue weighted by atomic mass is 16.4. The van der Waals surface area contributed by atoms with Crippen LogP contribution in [0.25, 0.3) is 6.08 Å². The molecule has 0 aromatic heterocycles. The summed E-state index contributed by atoms with van der Waals surface area (Å²) in [4.78, 5) is 22.9. The highest BCUT2D eigenvalue weighted by molar-refractivity contribution is 5.96. The number of benzene rings is 1. The molecule has 0 saturated heterocycles. The molecular weight excluding hydrogens is 290 g/mol. The number of carboxylic acids is 1. The molecule has 0 heterocycles. The Hall–Kier alpha value is -2.10. The SMILES string of the molecule is CCCCc1cc(C(=O)O)c(CCCC)cc1C=C(C)C(N)=O. The van der Waals surface area contributed by atoms with Gasteiger partial charge in [0.2, 0.25) is 5.91 Å². The Labute approximate surface area is 138 Å². The molecule has 0 bridgehead atoms. The van der Waals surface area contributed by atoms with Crippen LogP contribution in [0.15, 0.2) is 17.7 Å². The van der Waals surface area contributed by atoms with Crippen LogP contribution < -0.4 is 5.73 Å². The van der Waals surface area contributed by atoms with Gasteiger partial charge in [-0.2, -0.15) is 0 Å². The first-order valence-electron chi connectivity index (χ1n) is 8.27. The minimum Gasteiger partial charge on any atom is -0.478 e. The molecule has 0 aliphatic rings. The summed E-state index contributed by atoms with van der Waals surface area (Å²) in [5.41, 5.74) is 8.88. The van der Waals surface area contributed by atoms with Gasteiger partial charge in [0.05, 0.1) is 5.56 Å². The van der Waals surface area contributed by atoms with E-state index in [1.54, 1.807) is 19.1 Å². The zero-order chi connectivity index (χ0) is 17.4. The fraction of sp³-hybridized carbons (Fsp3) is 0.474. The molecule has 4 nitrogen and oxygen atoms in total. The molecule has 0 aliphatic heterocycles. The van der Waals surface area contributed by atoms with E-state index in [1.807, 2.05) is 6.07 Å². The van der Waals surface area contributed by atoms with E-state index in [2.05, 4.69) is 13.8 Å². The maximum atomic E-state index is 11.6. The van der Waals surface area contributed by atoms with Crippen molar-refractivity contribution in [3.05, 3.63) is 40.0 Å². The summed E-state index contributed by atoms with van der Waals surface area (Å²) in [6.07, 6.45) is 7.23. The summed E-state index contributed by atoms with van der Waals surface area (Å²) < 4.78 is 0. The van der Waals surface area contributed by atoms with Crippen molar-refractivity contribution in [2.75, 3.05) is 0 Å². The first-order valence-corrected chi connectivity index (χ1v) is 8.27. The van der Waals surface area contributed by atoms with Gasteiger partial charge in [-0.25, -0.2) is 4.79 Å². The van der Waals surface area contributed by atoms with E-state index >= 15 is 0 Å². The van der Waals surface area contributed by atoms with Crippen LogP contribution in [0, 0.1) is 0 Å². The minimum atomic E-state index is -0.893. The number of nitrogens with two attached hydrogens (primary N) is 1. The molecule has 23 heavy (non-hydrogen) atoms. The Morgan fingerprint density at radius 3 is 2.13 bits per heavy atom. The largest absolute Gasteiger partial charge is 0.478 e. The van der Waals surface area contributed by atoms with Gasteiger partial charge in [0.25, 0.3) is 0 Å². The lowest BCUT2D eigenvalue weighted by atomic mass is 9.92. The number of hydrogen-bond donors (Lipinski definition) is 2. The Bertz CT molecular complexity index is 603. The quantitative estimate of drug-likeness (QED) is 0.676. The van der Waals surface area contributed by atoms with Gasteiger partial charge in [-0.05, 0) is 61.4 Å². The number of aromatic carboxylic acids is 1. The lowest BCUT2D eigenvalue weighted by molar-refractivity contribution is -0.114.